The maximum atomic E-state index is 14.1. The van der Waals surface area contributed by atoms with Gasteiger partial charge in [0.1, 0.15) is 17.2 Å². The highest BCUT2D eigenvalue weighted by Gasteiger charge is 2.19. The lowest BCUT2D eigenvalue weighted by atomic mass is 10.1. The third kappa shape index (κ3) is 3.48. The van der Waals surface area contributed by atoms with Crippen LogP contribution < -0.4 is 27.2 Å². The number of nitrogens with one attached hydrogen (secondary N) is 2. The highest BCUT2D eigenvalue weighted by molar-refractivity contribution is 5.87. The van der Waals surface area contributed by atoms with Crippen molar-refractivity contribution in [3.63, 3.8) is 0 Å². The quantitative estimate of drug-likeness (QED) is 0.322. The van der Waals surface area contributed by atoms with E-state index in [1.807, 2.05) is 0 Å². The number of anilines is 3. The van der Waals surface area contributed by atoms with Crippen molar-refractivity contribution in [1.29, 1.82) is 0 Å². The summed E-state index contributed by atoms with van der Waals surface area (Å²) in [5.74, 6) is -1.80. The van der Waals surface area contributed by atoms with Crippen LogP contribution in [0.1, 0.15) is 21.7 Å². The molecular weight excluding hydrogens is 407 g/mol. The minimum Gasteiger partial charge on any atom is -0.477 e. The summed E-state index contributed by atoms with van der Waals surface area (Å²) in [6, 6.07) is 7.06. The van der Waals surface area contributed by atoms with Crippen LogP contribution in [0.25, 0.3) is 11.3 Å². The van der Waals surface area contributed by atoms with E-state index in [2.05, 4.69) is 27.3 Å². The Morgan fingerprint density at radius 1 is 1.23 bits per heavy atom. The summed E-state index contributed by atoms with van der Waals surface area (Å²) in [5.41, 5.74) is 5.00. The van der Waals surface area contributed by atoms with Crippen LogP contribution in [0.15, 0.2) is 52.7 Å². The van der Waals surface area contributed by atoms with E-state index < -0.39 is 22.6 Å². The van der Waals surface area contributed by atoms with Crippen molar-refractivity contribution in [3.05, 3.63) is 86.3 Å². The summed E-state index contributed by atoms with van der Waals surface area (Å²) < 4.78 is 15.3. The van der Waals surface area contributed by atoms with E-state index in [4.69, 9.17) is 5.73 Å². The monoisotopic (exact) mass is 422 g/mol. The van der Waals surface area contributed by atoms with Crippen molar-refractivity contribution >= 4 is 34.4 Å². The van der Waals surface area contributed by atoms with Gasteiger partial charge < -0.3 is 21.5 Å². The average Bonchev–Trinajstić information content (AvgIpc) is 3.24. The zero-order valence-corrected chi connectivity index (χ0v) is 15.8. The Morgan fingerprint density at radius 2 is 2.00 bits per heavy atom. The third-order valence-corrected chi connectivity index (χ3v) is 4.63. The first kappa shape index (κ1) is 19.8. The molecule has 2 aromatic carbocycles. The highest BCUT2D eigenvalue weighted by Crippen LogP contribution is 2.23. The van der Waals surface area contributed by atoms with Crippen molar-refractivity contribution in [3.8, 4) is 0 Å². The van der Waals surface area contributed by atoms with E-state index in [1.165, 1.54) is 35.0 Å². The van der Waals surface area contributed by atoms with Crippen LogP contribution in [-0.4, -0.2) is 25.7 Å². The summed E-state index contributed by atoms with van der Waals surface area (Å²) in [6.07, 6.45) is 1.43. The maximum Gasteiger partial charge on any atom is 0.354 e. The molecule has 0 radical (unpaired) electrons. The van der Waals surface area contributed by atoms with Crippen LogP contribution >= 0.6 is 0 Å². The molecule has 31 heavy (non-hydrogen) atoms. The number of carboxylic acids is 1. The van der Waals surface area contributed by atoms with Crippen molar-refractivity contribution in [2.24, 2.45) is 0 Å². The molecule has 2 heterocycles. The summed E-state index contributed by atoms with van der Waals surface area (Å²) in [6.45, 7) is 4.08. The van der Waals surface area contributed by atoms with E-state index >= 15 is 0 Å². The minimum atomic E-state index is -1.17. The van der Waals surface area contributed by atoms with E-state index in [9.17, 15) is 23.9 Å². The number of aromatic nitrogens is 3. The number of nitrogens with two attached hydrogens (primary N) is 1. The number of nitrogens with zero attached hydrogens (tertiary/aromatic N) is 3. The van der Waals surface area contributed by atoms with E-state index in [1.54, 1.807) is 6.07 Å². The fourth-order valence-electron chi connectivity index (χ4n) is 2.97. The zero-order chi connectivity index (χ0) is 22.3. The number of rotatable bonds is 7. The van der Waals surface area contributed by atoms with Gasteiger partial charge >= 0.3 is 5.97 Å². The first-order chi connectivity index (χ1) is 14.8. The van der Waals surface area contributed by atoms with Crippen molar-refractivity contribution in [2.75, 3.05) is 11.1 Å². The van der Waals surface area contributed by atoms with Crippen LogP contribution in [0.3, 0.4) is 0 Å². The van der Waals surface area contributed by atoms with E-state index in [0.717, 1.165) is 0 Å². The molecule has 4 rings (SSSR count). The number of fused-ring (bicyclic) bond motifs is 1. The average molecular weight is 422 g/mol. The molecule has 0 saturated heterocycles. The number of aromatic carboxylic acids is 1. The fourth-order valence-corrected chi connectivity index (χ4v) is 2.97. The number of nitrogen functional groups attached to an aromatic ring is 1. The second kappa shape index (κ2) is 7.37. The summed E-state index contributed by atoms with van der Waals surface area (Å²) in [5, 5.41) is 18.9. The number of hydrogen-bond donors (Lipinski definition) is 4. The lowest BCUT2D eigenvalue weighted by molar-refractivity contribution is 0.0687. The maximum absolute atomic E-state index is 14.1. The predicted molar refractivity (Wildman–Crippen MR) is 111 cm³/mol. The highest BCUT2D eigenvalue weighted by atomic mass is 19.1. The van der Waals surface area contributed by atoms with Gasteiger partial charge in [-0.25, -0.2) is 18.7 Å². The van der Waals surface area contributed by atoms with Crippen LogP contribution in [0.5, 0.6) is 0 Å². The molecule has 156 valence electrons. The SMILES string of the molecule is C=C(NCc1ccc(F)c(Nc2c(N)c(=O)c2=O)c1)c1cc(C(=O)O)n2nccc2n1. The summed E-state index contributed by atoms with van der Waals surface area (Å²) in [7, 11) is 0. The lowest BCUT2D eigenvalue weighted by Gasteiger charge is -2.14. The molecule has 2 aromatic heterocycles. The molecule has 0 fully saturated rings. The van der Waals surface area contributed by atoms with E-state index in [-0.39, 0.29) is 29.3 Å². The number of halogens is 1. The fraction of sp³-hybridized carbons (Fsp3) is 0.0500. The van der Waals surface area contributed by atoms with Gasteiger partial charge in [0, 0.05) is 12.6 Å². The van der Waals surface area contributed by atoms with Gasteiger partial charge in [0.2, 0.25) is 0 Å². The normalized spacial score (nSPS) is 11.0. The van der Waals surface area contributed by atoms with Crippen LogP contribution in [0.4, 0.5) is 21.5 Å². The molecular formula is C20H15FN6O4. The Bertz CT molecular complexity index is 1430. The third-order valence-electron chi connectivity index (χ3n) is 4.63. The molecule has 0 bridgehead atoms. The molecule has 4 aromatic rings. The molecule has 0 unspecified atom stereocenters. The standard InChI is InChI=1S/C20H15FN6O4/c1-9(12-7-14(20(30)31)27-15(25-12)4-5-24-27)23-8-10-2-3-11(21)13(6-10)26-17-16(22)18(28)19(17)29/h2-7,23,26H,1,8,22H2,(H,30,31). The van der Waals surface area contributed by atoms with Crippen LogP contribution in [0, 0.1) is 5.82 Å². The largest absolute Gasteiger partial charge is 0.477 e. The molecule has 0 aliphatic carbocycles. The number of hydrogen-bond acceptors (Lipinski definition) is 8. The molecule has 11 heteroatoms. The first-order valence-electron chi connectivity index (χ1n) is 8.91. The minimum absolute atomic E-state index is 0.0179. The molecule has 0 aliphatic heterocycles. The molecule has 0 aliphatic rings. The first-order valence-corrected chi connectivity index (χ1v) is 8.91. The number of benzene rings is 1. The van der Waals surface area contributed by atoms with Gasteiger partial charge in [-0.15, -0.1) is 0 Å². The van der Waals surface area contributed by atoms with Crippen molar-refractivity contribution < 1.29 is 14.3 Å². The summed E-state index contributed by atoms with van der Waals surface area (Å²) in [4.78, 5) is 38.6. The number of carboxylic acid groups (broad SMARTS) is 1. The van der Waals surface area contributed by atoms with Gasteiger partial charge in [0.15, 0.2) is 11.3 Å². The van der Waals surface area contributed by atoms with Crippen molar-refractivity contribution in [2.45, 2.75) is 6.54 Å². The van der Waals surface area contributed by atoms with Gasteiger partial charge in [0.25, 0.3) is 10.9 Å². The summed E-state index contributed by atoms with van der Waals surface area (Å²) >= 11 is 0. The molecule has 10 nitrogen and oxygen atoms in total. The van der Waals surface area contributed by atoms with Gasteiger partial charge in [-0.1, -0.05) is 12.6 Å². The lowest BCUT2D eigenvalue weighted by Crippen LogP contribution is -2.36. The molecule has 0 amide bonds. The van der Waals surface area contributed by atoms with Crippen LogP contribution in [0.2, 0.25) is 0 Å². The molecule has 0 atom stereocenters. The smallest absolute Gasteiger partial charge is 0.354 e. The van der Waals surface area contributed by atoms with Gasteiger partial charge in [-0.2, -0.15) is 5.10 Å². The Balaban J connectivity index is 1.52. The molecule has 5 N–H and O–H groups in total. The Hall–Kier alpha value is -4.54. The van der Waals surface area contributed by atoms with Gasteiger partial charge in [-0.05, 0) is 23.8 Å². The molecule has 0 spiro atoms. The number of carbonyl (C=O) groups is 1. The van der Waals surface area contributed by atoms with Crippen LogP contribution in [-0.2, 0) is 6.54 Å². The Kier molecular flexibility index (Phi) is 4.70. The molecule has 0 saturated carbocycles. The predicted octanol–water partition coefficient (Wildman–Crippen LogP) is 1.25. The topological polar surface area (TPSA) is 152 Å². The zero-order valence-electron chi connectivity index (χ0n) is 15.8. The van der Waals surface area contributed by atoms with Gasteiger partial charge in [0.05, 0.1) is 23.3 Å². The van der Waals surface area contributed by atoms with Gasteiger partial charge in [-0.3, -0.25) is 9.59 Å². The van der Waals surface area contributed by atoms with E-state index in [0.29, 0.717) is 22.6 Å². The Labute approximate surface area is 173 Å². The second-order valence-corrected chi connectivity index (χ2v) is 6.65. The Morgan fingerprint density at radius 3 is 2.71 bits per heavy atom. The van der Waals surface area contributed by atoms with Crippen molar-refractivity contribution in [1.82, 2.24) is 19.9 Å². The second-order valence-electron chi connectivity index (χ2n) is 6.65.